The molecule has 0 aromatic rings. The summed E-state index contributed by atoms with van der Waals surface area (Å²) in [6.07, 6.45) is 0. The number of methoxy groups -OCH3 is 1. The molecule has 0 amide bonds. The average molecular weight is 208 g/mol. The van der Waals surface area contributed by atoms with E-state index in [0.717, 1.165) is 13.2 Å². The number of hydrogen-bond acceptors (Lipinski definition) is 4. The molecule has 1 aliphatic carbocycles. The van der Waals surface area contributed by atoms with Crippen LogP contribution in [0.4, 0.5) is 0 Å². The smallest absolute Gasteiger partial charge is 0.322 e. The summed E-state index contributed by atoms with van der Waals surface area (Å²) in [5.74, 6) is 1.04. The highest BCUT2D eigenvalue weighted by molar-refractivity contribution is 5.85. The van der Waals surface area contributed by atoms with E-state index < -0.39 is 6.04 Å². The molecule has 13 heavy (non-hydrogen) atoms. The molecule has 0 aromatic carbocycles. The highest BCUT2D eigenvalue weighted by atomic mass is 35.5. The van der Waals surface area contributed by atoms with E-state index in [1.807, 2.05) is 0 Å². The number of halogens is 1. The minimum absolute atomic E-state index is 0. The Balaban J connectivity index is 0.000000845. The highest BCUT2D eigenvalue weighted by Gasteiger charge is 2.58. The minimum Gasteiger partial charge on any atom is -0.468 e. The van der Waals surface area contributed by atoms with Crippen LogP contribution in [0.25, 0.3) is 0 Å². The molecule has 2 fully saturated rings. The standard InChI is InChI=1S/C8H13NO3.ClH/c1-11-8(10)7(9)6-4-2-12-3-5(4)6;/h4-7H,2-3,9H2,1H3;1H. The lowest BCUT2D eigenvalue weighted by Crippen LogP contribution is -2.35. The summed E-state index contributed by atoms with van der Waals surface area (Å²) in [6, 6.07) is -0.436. The van der Waals surface area contributed by atoms with Crippen LogP contribution in [0.3, 0.4) is 0 Å². The minimum atomic E-state index is -0.436. The molecule has 3 unspecified atom stereocenters. The summed E-state index contributed by atoms with van der Waals surface area (Å²) in [7, 11) is 1.37. The van der Waals surface area contributed by atoms with Crippen LogP contribution in [-0.4, -0.2) is 32.3 Å². The Kier molecular flexibility index (Phi) is 3.16. The summed E-state index contributed by atoms with van der Waals surface area (Å²) in [5.41, 5.74) is 5.69. The molecule has 2 N–H and O–H groups in total. The molecule has 0 radical (unpaired) electrons. The second-order valence-corrected chi connectivity index (χ2v) is 3.49. The molecule has 2 aliphatic rings. The topological polar surface area (TPSA) is 61.5 Å². The Bertz CT molecular complexity index is 202. The van der Waals surface area contributed by atoms with Gasteiger partial charge in [0.2, 0.25) is 0 Å². The largest absolute Gasteiger partial charge is 0.468 e. The van der Waals surface area contributed by atoms with Gasteiger partial charge in [0.15, 0.2) is 0 Å². The van der Waals surface area contributed by atoms with Crippen molar-refractivity contribution in [3.05, 3.63) is 0 Å². The van der Waals surface area contributed by atoms with Gasteiger partial charge >= 0.3 is 5.97 Å². The van der Waals surface area contributed by atoms with Gasteiger partial charge in [0, 0.05) is 0 Å². The maximum absolute atomic E-state index is 11.0. The predicted octanol–water partition coefficient (Wildman–Crippen LogP) is -0.199. The first-order valence-corrected chi connectivity index (χ1v) is 4.17. The fourth-order valence-corrected chi connectivity index (χ4v) is 2.11. The van der Waals surface area contributed by atoms with E-state index >= 15 is 0 Å². The van der Waals surface area contributed by atoms with Crippen LogP contribution in [0.1, 0.15) is 0 Å². The van der Waals surface area contributed by atoms with E-state index in [4.69, 9.17) is 10.5 Å². The van der Waals surface area contributed by atoms with E-state index in [1.165, 1.54) is 7.11 Å². The van der Waals surface area contributed by atoms with Crippen molar-refractivity contribution in [1.82, 2.24) is 0 Å². The van der Waals surface area contributed by atoms with Gasteiger partial charge in [-0.3, -0.25) is 4.79 Å². The van der Waals surface area contributed by atoms with Crippen LogP contribution in [0, 0.1) is 17.8 Å². The second kappa shape index (κ2) is 3.82. The summed E-state index contributed by atoms with van der Waals surface area (Å²) < 4.78 is 9.77. The van der Waals surface area contributed by atoms with Crippen molar-refractivity contribution in [3.8, 4) is 0 Å². The maximum atomic E-state index is 11.0. The Morgan fingerprint density at radius 1 is 1.54 bits per heavy atom. The van der Waals surface area contributed by atoms with Crippen LogP contribution >= 0.6 is 12.4 Å². The summed E-state index contributed by atoms with van der Waals surface area (Å²) in [5, 5.41) is 0. The lowest BCUT2D eigenvalue weighted by Gasteiger charge is -2.10. The summed E-state index contributed by atoms with van der Waals surface area (Å²) >= 11 is 0. The lowest BCUT2D eigenvalue weighted by atomic mass is 10.1. The molecule has 1 saturated heterocycles. The van der Waals surface area contributed by atoms with Crippen LogP contribution < -0.4 is 5.73 Å². The Morgan fingerprint density at radius 3 is 2.54 bits per heavy atom. The van der Waals surface area contributed by atoms with Crippen molar-refractivity contribution < 1.29 is 14.3 Å². The van der Waals surface area contributed by atoms with Crippen molar-refractivity contribution in [2.75, 3.05) is 20.3 Å². The molecule has 1 saturated carbocycles. The van der Waals surface area contributed by atoms with Crippen molar-refractivity contribution in [2.24, 2.45) is 23.5 Å². The van der Waals surface area contributed by atoms with Gasteiger partial charge in [-0.25, -0.2) is 0 Å². The highest BCUT2D eigenvalue weighted by Crippen LogP contribution is 2.52. The molecule has 0 aromatic heterocycles. The number of rotatable bonds is 2. The van der Waals surface area contributed by atoms with E-state index in [2.05, 4.69) is 4.74 Å². The van der Waals surface area contributed by atoms with E-state index in [1.54, 1.807) is 0 Å². The number of ether oxygens (including phenoxy) is 2. The second-order valence-electron chi connectivity index (χ2n) is 3.49. The molecule has 3 atom stereocenters. The zero-order chi connectivity index (χ0) is 8.72. The van der Waals surface area contributed by atoms with Gasteiger partial charge in [-0.15, -0.1) is 12.4 Å². The summed E-state index contributed by atoms with van der Waals surface area (Å²) in [6.45, 7) is 1.53. The van der Waals surface area contributed by atoms with Crippen molar-refractivity contribution in [2.45, 2.75) is 6.04 Å². The zero-order valence-electron chi connectivity index (χ0n) is 7.43. The fourth-order valence-electron chi connectivity index (χ4n) is 2.11. The van der Waals surface area contributed by atoms with Gasteiger partial charge in [0.25, 0.3) is 0 Å². The SMILES string of the molecule is COC(=O)C(N)C1C2COCC21.Cl. The number of fused-ring (bicyclic) bond motifs is 1. The van der Waals surface area contributed by atoms with Crippen molar-refractivity contribution in [3.63, 3.8) is 0 Å². The van der Waals surface area contributed by atoms with Crippen LogP contribution in [0.2, 0.25) is 0 Å². The van der Waals surface area contributed by atoms with Crippen LogP contribution in [-0.2, 0) is 14.3 Å². The molecule has 5 heteroatoms. The molecule has 0 spiro atoms. The van der Waals surface area contributed by atoms with E-state index in [0.29, 0.717) is 17.8 Å². The Morgan fingerprint density at radius 2 is 2.08 bits per heavy atom. The average Bonchev–Trinajstić information content (AvgIpc) is 2.56. The molecule has 2 rings (SSSR count). The lowest BCUT2D eigenvalue weighted by molar-refractivity contribution is -0.143. The summed E-state index contributed by atoms with van der Waals surface area (Å²) in [4.78, 5) is 11.0. The molecule has 1 heterocycles. The van der Waals surface area contributed by atoms with Gasteiger partial charge < -0.3 is 15.2 Å². The first-order valence-electron chi connectivity index (χ1n) is 4.17. The molecule has 76 valence electrons. The number of nitrogens with two attached hydrogens (primary N) is 1. The van der Waals surface area contributed by atoms with Gasteiger partial charge in [-0.1, -0.05) is 0 Å². The molecule has 4 nitrogen and oxygen atoms in total. The normalized spacial score (nSPS) is 37.2. The Hall–Kier alpha value is -0.320. The third-order valence-electron chi connectivity index (χ3n) is 2.91. The Labute approximate surface area is 83.2 Å². The first kappa shape index (κ1) is 10.8. The molecule has 0 bridgehead atoms. The van der Waals surface area contributed by atoms with Crippen molar-refractivity contribution in [1.29, 1.82) is 0 Å². The predicted molar refractivity (Wildman–Crippen MR) is 48.5 cm³/mol. The van der Waals surface area contributed by atoms with Gasteiger partial charge in [0.1, 0.15) is 6.04 Å². The third kappa shape index (κ3) is 1.66. The monoisotopic (exact) mass is 207 g/mol. The number of carbonyl (C=O) groups is 1. The number of esters is 1. The van der Waals surface area contributed by atoms with Crippen LogP contribution in [0.5, 0.6) is 0 Å². The number of hydrogen-bond donors (Lipinski definition) is 1. The van der Waals surface area contributed by atoms with Gasteiger partial charge in [0.05, 0.1) is 20.3 Å². The quantitative estimate of drug-likeness (QED) is 0.638. The van der Waals surface area contributed by atoms with E-state index in [9.17, 15) is 4.79 Å². The van der Waals surface area contributed by atoms with Gasteiger partial charge in [-0.2, -0.15) is 0 Å². The van der Waals surface area contributed by atoms with Crippen molar-refractivity contribution >= 4 is 18.4 Å². The molecular formula is C8H14ClNO3. The zero-order valence-corrected chi connectivity index (χ0v) is 8.25. The third-order valence-corrected chi connectivity index (χ3v) is 2.91. The van der Waals surface area contributed by atoms with Crippen LogP contribution in [0.15, 0.2) is 0 Å². The first-order chi connectivity index (χ1) is 5.75. The van der Waals surface area contributed by atoms with E-state index in [-0.39, 0.29) is 18.4 Å². The fraction of sp³-hybridized carbons (Fsp3) is 0.875. The molecular weight excluding hydrogens is 194 g/mol. The van der Waals surface area contributed by atoms with Gasteiger partial charge in [-0.05, 0) is 17.8 Å². The molecule has 1 aliphatic heterocycles. The number of carbonyl (C=O) groups excluding carboxylic acids is 1. The maximum Gasteiger partial charge on any atom is 0.322 e.